The molecule has 0 aromatic heterocycles. The first kappa shape index (κ1) is 13.3. The van der Waals surface area contributed by atoms with Crippen LogP contribution in [-0.2, 0) is 6.54 Å². The Morgan fingerprint density at radius 2 is 1.70 bits per heavy atom. The first-order valence-corrected chi connectivity index (χ1v) is 7.36. The SMILES string of the molecule is Fc1ccc(C2CCCCN2Cc2ccccc2)cc1. The normalized spacial score (nSPS) is 19.9. The van der Waals surface area contributed by atoms with Crippen molar-refractivity contribution in [2.45, 2.75) is 31.8 Å². The minimum atomic E-state index is -0.154. The molecule has 1 saturated heterocycles. The van der Waals surface area contributed by atoms with Gasteiger partial charge in [-0.3, -0.25) is 4.90 Å². The van der Waals surface area contributed by atoms with Gasteiger partial charge in [0.2, 0.25) is 0 Å². The number of halogens is 1. The van der Waals surface area contributed by atoms with Crippen molar-refractivity contribution in [2.75, 3.05) is 6.54 Å². The van der Waals surface area contributed by atoms with Crippen molar-refractivity contribution in [1.82, 2.24) is 4.90 Å². The third-order valence-corrected chi connectivity index (χ3v) is 4.10. The van der Waals surface area contributed by atoms with E-state index >= 15 is 0 Å². The average molecular weight is 269 g/mol. The Bertz CT molecular complexity index is 535. The standard InChI is InChI=1S/C18H20FN/c19-17-11-9-16(10-12-17)18-8-4-5-13-20(18)14-15-6-2-1-3-7-15/h1-3,6-7,9-12,18H,4-5,8,13-14H2. The molecule has 2 heteroatoms. The lowest BCUT2D eigenvalue weighted by molar-refractivity contribution is 0.140. The van der Waals surface area contributed by atoms with Crippen LogP contribution in [0.1, 0.15) is 36.4 Å². The van der Waals surface area contributed by atoms with Gasteiger partial charge in [0, 0.05) is 12.6 Å². The van der Waals surface area contributed by atoms with E-state index < -0.39 is 0 Å². The van der Waals surface area contributed by atoms with Gasteiger partial charge in [0.1, 0.15) is 5.82 Å². The number of benzene rings is 2. The van der Waals surface area contributed by atoms with Crippen molar-refractivity contribution >= 4 is 0 Å². The molecule has 0 amide bonds. The summed E-state index contributed by atoms with van der Waals surface area (Å²) in [6.45, 7) is 2.10. The molecule has 2 aromatic rings. The number of piperidine rings is 1. The molecule has 104 valence electrons. The number of hydrogen-bond donors (Lipinski definition) is 0. The summed E-state index contributed by atoms with van der Waals surface area (Å²) in [5, 5.41) is 0. The molecule has 0 N–H and O–H groups in total. The third-order valence-electron chi connectivity index (χ3n) is 4.10. The van der Waals surface area contributed by atoms with Gasteiger partial charge in [-0.25, -0.2) is 4.39 Å². The second-order valence-electron chi connectivity index (χ2n) is 5.52. The summed E-state index contributed by atoms with van der Waals surface area (Å²) in [4.78, 5) is 2.52. The van der Waals surface area contributed by atoms with Crippen LogP contribution in [0.3, 0.4) is 0 Å². The Morgan fingerprint density at radius 1 is 0.950 bits per heavy atom. The fourth-order valence-corrected chi connectivity index (χ4v) is 3.06. The molecule has 3 rings (SSSR count). The Kier molecular flexibility index (Phi) is 4.12. The van der Waals surface area contributed by atoms with Gasteiger partial charge in [-0.05, 0) is 42.6 Å². The Labute approximate surface area is 120 Å². The molecule has 1 fully saturated rings. The molecule has 0 radical (unpaired) electrons. The molecule has 0 bridgehead atoms. The summed E-state index contributed by atoms with van der Waals surface area (Å²) in [5.74, 6) is -0.154. The molecule has 1 nitrogen and oxygen atoms in total. The lowest BCUT2D eigenvalue weighted by Crippen LogP contribution is -2.32. The summed E-state index contributed by atoms with van der Waals surface area (Å²) in [6.07, 6.45) is 3.68. The van der Waals surface area contributed by atoms with Crippen LogP contribution in [0.2, 0.25) is 0 Å². The van der Waals surface area contributed by atoms with Crippen LogP contribution < -0.4 is 0 Å². The molecule has 0 spiro atoms. The van der Waals surface area contributed by atoms with Gasteiger partial charge in [-0.1, -0.05) is 48.9 Å². The number of nitrogens with zero attached hydrogens (tertiary/aromatic N) is 1. The van der Waals surface area contributed by atoms with Crippen LogP contribution in [0.15, 0.2) is 54.6 Å². The van der Waals surface area contributed by atoms with Crippen molar-refractivity contribution in [3.05, 3.63) is 71.5 Å². The monoisotopic (exact) mass is 269 g/mol. The summed E-state index contributed by atoms with van der Waals surface area (Å²) in [5.41, 5.74) is 2.59. The van der Waals surface area contributed by atoms with Crippen molar-refractivity contribution in [3.63, 3.8) is 0 Å². The molecule has 0 aliphatic carbocycles. The Hall–Kier alpha value is -1.67. The largest absolute Gasteiger partial charge is 0.292 e. The van der Waals surface area contributed by atoms with E-state index in [1.54, 1.807) is 12.1 Å². The highest BCUT2D eigenvalue weighted by Crippen LogP contribution is 2.32. The summed E-state index contributed by atoms with van der Waals surface area (Å²) in [7, 11) is 0. The van der Waals surface area contributed by atoms with Crippen molar-refractivity contribution in [2.24, 2.45) is 0 Å². The van der Waals surface area contributed by atoms with Crippen LogP contribution in [0.4, 0.5) is 4.39 Å². The molecular weight excluding hydrogens is 249 g/mol. The van der Waals surface area contributed by atoms with Gasteiger partial charge in [-0.2, -0.15) is 0 Å². The number of hydrogen-bond acceptors (Lipinski definition) is 1. The quantitative estimate of drug-likeness (QED) is 0.790. The Morgan fingerprint density at radius 3 is 2.45 bits per heavy atom. The van der Waals surface area contributed by atoms with E-state index in [4.69, 9.17) is 0 Å². The smallest absolute Gasteiger partial charge is 0.123 e. The average Bonchev–Trinajstić information content (AvgIpc) is 2.50. The minimum Gasteiger partial charge on any atom is -0.292 e. The molecule has 1 aliphatic rings. The van der Waals surface area contributed by atoms with Gasteiger partial charge in [0.05, 0.1) is 0 Å². The van der Waals surface area contributed by atoms with E-state index in [1.807, 2.05) is 12.1 Å². The fourth-order valence-electron chi connectivity index (χ4n) is 3.06. The number of likely N-dealkylation sites (tertiary alicyclic amines) is 1. The molecule has 1 heterocycles. The Balaban J connectivity index is 1.78. The zero-order valence-corrected chi connectivity index (χ0v) is 11.6. The van der Waals surface area contributed by atoms with Crippen molar-refractivity contribution < 1.29 is 4.39 Å². The molecule has 1 unspecified atom stereocenters. The molecule has 1 atom stereocenters. The second kappa shape index (κ2) is 6.19. The van der Waals surface area contributed by atoms with Gasteiger partial charge >= 0.3 is 0 Å². The highest BCUT2D eigenvalue weighted by Gasteiger charge is 2.23. The van der Waals surface area contributed by atoms with Crippen molar-refractivity contribution in [3.8, 4) is 0 Å². The maximum Gasteiger partial charge on any atom is 0.123 e. The molecule has 20 heavy (non-hydrogen) atoms. The van der Waals surface area contributed by atoms with Crippen LogP contribution >= 0.6 is 0 Å². The van der Waals surface area contributed by atoms with E-state index in [0.717, 1.165) is 13.1 Å². The summed E-state index contributed by atoms with van der Waals surface area (Å²) in [6, 6.07) is 18.0. The maximum atomic E-state index is 13.1. The zero-order chi connectivity index (χ0) is 13.8. The van der Waals surface area contributed by atoms with Gasteiger partial charge in [0.15, 0.2) is 0 Å². The van der Waals surface area contributed by atoms with Gasteiger partial charge in [-0.15, -0.1) is 0 Å². The number of rotatable bonds is 3. The first-order chi connectivity index (χ1) is 9.83. The molecule has 1 aliphatic heterocycles. The summed E-state index contributed by atoms with van der Waals surface area (Å²) >= 11 is 0. The first-order valence-electron chi connectivity index (χ1n) is 7.36. The predicted octanol–water partition coefficient (Wildman–Crippen LogP) is 4.55. The lowest BCUT2D eigenvalue weighted by atomic mass is 9.94. The van der Waals surface area contributed by atoms with Crippen LogP contribution in [0.25, 0.3) is 0 Å². The van der Waals surface area contributed by atoms with Crippen LogP contribution in [0, 0.1) is 5.82 Å². The van der Waals surface area contributed by atoms with Crippen LogP contribution in [-0.4, -0.2) is 11.4 Å². The minimum absolute atomic E-state index is 0.154. The topological polar surface area (TPSA) is 3.24 Å². The van der Waals surface area contributed by atoms with Crippen LogP contribution in [0.5, 0.6) is 0 Å². The van der Waals surface area contributed by atoms with E-state index in [9.17, 15) is 4.39 Å². The van der Waals surface area contributed by atoms with E-state index in [1.165, 1.54) is 30.4 Å². The highest BCUT2D eigenvalue weighted by atomic mass is 19.1. The third kappa shape index (κ3) is 3.07. The van der Waals surface area contributed by atoms with E-state index in [-0.39, 0.29) is 5.82 Å². The zero-order valence-electron chi connectivity index (χ0n) is 11.6. The summed E-state index contributed by atoms with van der Waals surface area (Å²) < 4.78 is 13.1. The predicted molar refractivity (Wildman–Crippen MR) is 79.8 cm³/mol. The maximum absolute atomic E-state index is 13.1. The van der Waals surface area contributed by atoms with E-state index in [0.29, 0.717) is 6.04 Å². The van der Waals surface area contributed by atoms with Crippen molar-refractivity contribution in [1.29, 1.82) is 0 Å². The van der Waals surface area contributed by atoms with Gasteiger partial charge < -0.3 is 0 Å². The molecule has 2 aromatic carbocycles. The van der Waals surface area contributed by atoms with Gasteiger partial charge in [0.25, 0.3) is 0 Å². The molecular formula is C18H20FN. The lowest BCUT2D eigenvalue weighted by Gasteiger charge is -2.36. The second-order valence-corrected chi connectivity index (χ2v) is 5.52. The van der Waals surface area contributed by atoms with E-state index in [2.05, 4.69) is 35.2 Å². The highest BCUT2D eigenvalue weighted by molar-refractivity contribution is 5.21. The fraction of sp³-hybridized carbons (Fsp3) is 0.333. The molecule has 0 saturated carbocycles.